The van der Waals surface area contributed by atoms with Crippen LogP contribution in [0.4, 0.5) is 0 Å². The summed E-state index contributed by atoms with van der Waals surface area (Å²) in [5.74, 6) is 0.993. The molecular formula is C53H107. The molecule has 319 valence electrons. The minimum Gasteiger partial charge on any atom is -0.0654 e. The molecule has 0 fully saturated rings. The van der Waals surface area contributed by atoms with E-state index in [0.29, 0.717) is 0 Å². The maximum Gasteiger partial charge on any atom is -0.0414 e. The number of hydrogen-bond acceptors (Lipinski definition) is 0. The molecule has 0 aromatic heterocycles. The van der Waals surface area contributed by atoms with Crippen LogP contribution in [0, 0.1) is 12.8 Å². The van der Waals surface area contributed by atoms with Crippen molar-refractivity contribution in [3.8, 4) is 0 Å². The van der Waals surface area contributed by atoms with Crippen molar-refractivity contribution in [3.63, 3.8) is 0 Å². The fraction of sp³-hybridized carbons (Fsp3) is 0.981. The Hall–Kier alpha value is 0. The largest absolute Gasteiger partial charge is 0.0654 e. The number of unbranched alkanes of at least 4 members (excludes halogenated alkanes) is 43. The molecule has 0 rings (SSSR count). The van der Waals surface area contributed by atoms with Gasteiger partial charge in [-0.05, 0) is 5.92 Å². The van der Waals surface area contributed by atoms with Crippen LogP contribution in [0.3, 0.4) is 0 Å². The van der Waals surface area contributed by atoms with Crippen LogP contribution < -0.4 is 0 Å². The van der Waals surface area contributed by atoms with Crippen molar-refractivity contribution < 1.29 is 0 Å². The predicted octanol–water partition coefficient (Wildman–Crippen LogP) is 20.6. The normalized spacial score (nSPS) is 12.3. The monoisotopic (exact) mass is 744 g/mol. The Balaban J connectivity index is 3.39. The standard InChI is InChI=1S/C53H107/c1-4-7-10-12-14-16-18-20-22-24-26-28-29-31-33-35-37-39-41-43-45-47-49-52-53(50-9-6-3)51-48-46-44-42-40-38-36-34-32-30-27-25-23-21-19-17-15-13-11-8-5-2/h53H,3-52H2,1-2H3. The second-order valence-electron chi connectivity index (χ2n) is 18.3. The number of hydrogen-bond donors (Lipinski definition) is 0. The zero-order chi connectivity index (χ0) is 38.2. The summed E-state index contributed by atoms with van der Waals surface area (Å²) in [4.78, 5) is 0. The third-order valence-electron chi connectivity index (χ3n) is 12.8. The van der Waals surface area contributed by atoms with Gasteiger partial charge in [-0.1, -0.05) is 335 Å². The Bertz CT molecular complexity index is 593. The molecule has 0 heteroatoms. The minimum atomic E-state index is 0.993. The molecule has 0 aromatic carbocycles. The first-order chi connectivity index (χ1) is 26.3. The zero-order valence-electron chi connectivity index (χ0n) is 37.9. The van der Waals surface area contributed by atoms with Gasteiger partial charge >= 0.3 is 0 Å². The fourth-order valence-corrected chi connectivity index (χ4v) is 8.95. The van der Waals surface area contributed by atoms with Gasteiger partial charge in [-0.3, -0.25) is 0 Å². The number of rotatable bonds is 49. The molecule has 0 heterocycles. The van der Waals surface area contributed by atoms with Crippen LogP contribution >= 0.6 is 0 Å². The van der Waals surface area contributed by atoms with Crippen molar-refractivity contribution in [1.29, 1.82) is 0 Å². The molecule has 0 aromatic rings. The molecule has 0 amide bonds. The van der Waals surface area contributed by atoms with Crippen LogP contribution in [-0.4, -0.2) is 0 Å². The maximum absolute atomic E-state index is 4.14. The summed E-state index contributed by atoms with van der Waals surface area (Å²) in [5, 5.41) is 0. The molecule has 0 spiro atoms. The summed E-state index contributed by atoms with van der Waals surface area (Å²) < 4.78 is 0. The van der Waals surface area contributed by atoms with E-state index >= 15 is 0 Å². The van der Waals surface area contributed by atoms with E-state index in [-0.39, 0.29) is 0 Å². The van der Waals surface area contributed by atoms with E-state index in [1.807, 2.05) is 0 Å². The summed E-state index contributed by atoms with van der Waals surface area (Å²) in [6, 6.07) is 0. The average Bonchev–Trinajstić information content (AvgIpc) is 3.17. The first-order valence-electron chi connectivity index (χ1n) is 26.1. The minimum absolute atomic E-state index is 0.993. The van der Waals surface area contributed by atoms with Gasteiger partial charge in [0.25, 0.3) is 0 Å². The molecule has 1 unspecified atom stereocenters. The Morgan fingerprint density at radius 2 is 0.358 bits per heavy atom. The smallest absolute Gasteiger partial charge is 0.0414 e. The summed E-state index contributed by atoms with van der Waals surface area (Å²) in [6.45, 7) is 8.77. The van der Waals surface area contributed by atoms with Crippen molar-refractivity contribution in [2.75, 3.05) is 0 Å². The highest BCUT2D eigenvalue weighted by Crippen LogP contribution is 2.24. The summed E-state index contributed by atoms with van der Waals surface area (Å²) >= 11 is 0. The Morgan fingerprint density at radius 1 is 0.208 bits per heavy atom. The van der Waals surface area contributed by atoms with Crippen LogP contribution in [-0.2, 0) is 0 Å². The Morgan fingerprint density at radius 3 is 0.528 bits per heavy atom. The van der Waals surface area contributed by atoms with Crippen molar-refractivity contribution in [2.45, 2.75) is 328 Å². The summed E-state index contributed by atoms with van der Waals surface area (Å²) in [7, 11) is 0. The molecule has 0 aliphatic rings. The van der Waals surface area contributed by atoms with Gasteiger partial charge in [-0.2, -0.15) is 0 Å². The predicted molar refractivity (Wildman–Crippen MR) is 246 cm³/mol. The highest BCUT2D eigenvalue weighted by molar-refractivity contribution is 4.63. The van der Waals surface area contributed by atoms with E-state index in [4.69, 9.17) is 0 Å². The molecule has 0 saturated carbocycles. The molecule has 0 bridgehead atoms. The topological polar surface area (TPSA) is 0 Å². The van der Waals surface area contributed by atoms with Gasteiger partial charge in [-0.25, -0.2) is 0 Å². The van der Waals surface area contributed by atoms with Crippen molar-refractivity contribution >= 4 is 0 Å². The van der Waals surface area contributed by atoms with E-state index in [2.05, 4.69) is 20.8 Å². The molecule has 0 aliphatic heterocycles. The van der Waals surface area contributed by atoms with Gasteiger partial charge in [0, 0.05) is 0 Å². The highest BCUT2D eigenvalue weighted by atomic mass is 14.1. The Kier molecular flexibility index (Phi) is 50.0. The molecule has 0 N–H and O–H groups in total. The first kappa shape index (κ1) is 53.0. The summed E-state index contributed by atoms with van der Waals surface area (Å²) in [5.41, 5.74) is 0. The summed E-state index contributed by atoms with van der Waals surface area (Å²) in [6.07, 6.45) is 72.1. The average molecular weight is 744 g/mol. The quantitative estimate of drug-likeness (QED) is 0.0544. The third-order valence-corrected chi connectivity index (χ3v) is 12.8. The van der Waals surface area contributed by atoms with Crippen molar-refractivity contribution in [1.82, 2.24) is 0 Å². The van der Waals surface area contributed by atoms with Gasteiger partial charge < -0.3 is 0 Å². The molecule has 0 saturated heterocycles. The molecule has 1 radical (unpaired) electrons. The second-order valence-corrected chi connectivity index (χ2v) is 18.3. The van der Waals surface area contributed by atoms with E-state index in [1.54, 1.807) is 0 Å². The van der Waals surface area contributed by atoms with Crippen LogP contribution in [0.25, 0.3) is 0 Å². The van der Waals surface area contributed by atoms with Gasteiger partial charge in [0.2, 0.25) is 0 Å². The second kappa shape index (κ2) is 50.0. The van der Waals surface area contributed by atoms with Crippen molar-refractivity contribution in [2.24, 2.45) is 5.92 Å². The third kappa shape index (κ3) is 48.1. The highest BCUT2D eigenvalue weighted by Gasteiger charge is 2.08. The fourth-order valence-electron chi connectivity index (χ4n) is 8.95. The zero-order valence-corrected chi connectivity index (χ0v) is 37.9. The SMILES string of the molecule is [CH2]CCCC(CCCCCCCCCCCCCCCCCCCCCCC)CCCCCCCCCCCCCCCCCCCCCCCCC. The van der Waals surface area contributed by atoms with Crippen molar-refractivity contribution in [3.05, 3.63) is 6.92 Å². The lowest BCUT2D eigenvalue weighted by Crippen LogP contribution is -2.01. The first-order valence-corrected chi connectivity index (χ1v) is 26.1. The molecule has 0 aliphatic carbocycles. The lowest BCUT2D eigenvalue weighted by molar-refractivity contribution is 0.372. The van der Waals surface area contributed by atoms with Gasteiger partial charge in [0.15, 0.2) is 0 Å². The van der Waals surface area contributed by atoms with Gasteiger partial charge in [-0.15, -0.1) is 0 Å². The van der Waals surface area contributed by atoms with E-state index in [0.717, 1.165) is 12.3 Å². The maximum atomic E-state index is 4.14. The van der Waals surface area contributed by atoms with Gasteiger partial charge in [0.05, 0.1) is 0 Å². The Labute approximate surface area is 340 Å². The van der Waals surface area contributed by atoms with Crippen LogP contribution in [0.5, 0.6) is 0 Å². The van der Waals surface area contributed by atoms with E-state index in [9.17, 15) is 0 Å². The van der Waals surface area contributed by atoms with Crippen LogP contribution in [0.1, 0.15) is 328 Å². The van der Waals surface area contributed by atoms with Crippen LogP contribution in [0.2, 0.25) is 0 Å². The van der Waals surface area contributed by atoms with E-state index < -0.39 is 0 Å². The molecule has 0 nitrogen and oxygen atoms in total. The van der Waals surface area contributed by atoms with Crippen LogP contribution in [0.15, 0.2) is 0 Å². The lowest BCUT2D eigenvalue weighted by Gasteiger charge is -2.16. The molecule has 53 heavy (non-hydrogen) atoms. The van der Waals surface area contributed by atoms with E-state index in [1.165, 1.54) is 308 Å². The molecular weight excluding hydrogens is 637 g/mol. The molecule has 1 atom stereocenters. The van der Waals surface area contributed by atoms with Gasteiger partial charge in [0.1, 0.15) is 0 Å². The lowest BCUT2D eigenvalue weighted by atomic mass is 9.90.